The summed E-state index contributed by atoms with van der Waals surface area (Å²) in [5.74, 6) is 0. The van der Waals surface area contributed by atoms with Crippen LogP contribution in [0.1, 0.15) is 25.0 Å². The maximum absolute atomic E-state index is 4.93. The standard InChI is InChI=1S/2C17H15.C6H7P.2ClH.Zr/c2*1-2-13-11-15-9-6-10-16(17(15)12-13)14-7-4-3-5-8-14;7-6-4-2-1-3-5-6;;;/h2*3-12H,2H2,1H3;1-5H,7H2;2*1H;/q2*-1;;;;+4/p-2. The van der Waals surface area contributed by atoms with Crippen LogP contribution in [0.3, 0.4) is 0 Å². The molecule has 0 saturated heterocycles. The first-order valence-electron chi connectivity index (χ1n) is 14.8. The van der Waals surface area contributed by atoms with Gasteiger partial charge in [0.15, 0.2) is 0 Å². The molecule has 7 aromatic carbocycles. The van der Waals surface area contributed by atoms with Gasteiger partial charge in [-0.05, 0) is 29.3 Å². The third-order valence-electron chi connectivity index (χ3n) is 7.41. The molecule has 0 aliphatic carbocycles. The molecule has 7 aromatic rings. The van der Waals surface area contributed by atoms with Crippen LogP contribution in [0.15, 0.2) is 152 Å². The van der Waals surface area contributed by atoms with E-state index in [9.17, 15) is 0 Å². The maximum atomic E-state index is 4.93. The number of benzene rings is 5. The monoisotopic (exact) mass is 708 g/mol. The second-order valence-corrected chi connectivity index (χ2v) is 14.7. The number of hydrogen-bond acceptors (Lipinski definition) is 0. The summed E-state index contributed by atoms with van der Waals surface area (Å²) in [6.45, 7) is 4.41. The fourth-order valence-corrected chi connectivity index (χ4v) is 5.42. The van der Waals surface area contributed by atoms with Crippen LogP contribution in [-0.4, -0.2) is 0 Å². The summed E-state index contributed by atoms with van der Waals surface area (Å²) < 4.78 is 0. The van der Waals surface area contributed by atoms with E-state index in [-0.39, 0.29) is 0 Å². The van der Waals surface area contributed by atoms with Crippen molar-refractivity contribution in [1.82, 2.24) is 0 Å². The van der Waals surface area contributed by atoms with Crippen LogP contribution in [0.25, 0.3) is 43.8 Å². The molecule has 1 atom stereocenters. The summed E-state index contributed by atoms with van der Waals surface area (Å²) in [5.41, 5.74) is 8.11. The van der Waals surface area contributed by atoms with Gasteiger partial charge in [0, 0.05) is 0 Å². The average molecular weight is 711 g/mol. The Hall–Kier alpha value is -2.79. The zero-order chi connectivity index (χ0) is 31.1. The van der Waals surface area contributed by atoms with Gasteiger partial charge >= 0.3 is 37.9 Å². The van der Waals surface area contributed by atoms with Crippen LogP contribution in [0.5, 0.6) is 0 Å². The molecule has 220 valence electrons. The number of hydrogen-bond donors (Lipinski definition) is 0. The second kappa shape index (κ2) is 18.2. The first kappa shape index (κ1) is 34.1. The first-order chi connectivity index (χ1) is 21.6. The Labute approximate surface area is 283 Å². The average Bonchev–Trinajstić information content (AvgIpc) is 3.71. The van der Waals surface area contributed by atoms with Gasteiger partial charge in [-0.3, -0.25) is 0 Å². The Balaban J connectivity index is 0.000000155. The van der Waals surface area contributed by atoms with E-state index in [4.69, 9.17) is 17.0 Å². The van der Waals surface area contributed by atoms with Crippen molar-refractivity contribution in [3.63, 3.8) is 0 Å². The van der Waals surface area contributed by atoms with Gasteiger partial charge in [0.25, 0.3) is 0 Å². The van der Waals surface area contributed by atoms with Crippen molar-refractivity contribution < 1.29 is 20.8 Å². The van der Waals surface area contributed by atoms with Crippen molar-refractivity contribution in [2.45, 2.75) is 26.7 Å². The van der Waals surface area contributed by atoms with E-state index in [0.29, 0.717) is 0 Å². The van der Waals surface area contributed by atoms with Gasteiger partial charge in [0.2, 0.25) is 0 Å². The molecule has 0 saturated carbocycles. The van der Waals surface area contributed by atoms with E-state index in [1.54, 1.807) is 0 Å². The molecule has 1 unspecified atom stereocenters. The van der Waals surface area contributed by atoms with Crippen molar-refractivity contribution >= 4 is 53.1 Å². The molecule has 4 heteroatoms. The second-order valence-electron chi connectivity index (χ2n) is 10.3. The summed E-state index contributed by atoms with van der Waals surface area (Å²) in [6, 6.07) is 53.6. The van der Waals surface area contributed by atoms with E-state index < -0.39 is 20.8 Å². The van der Waals surface area contributed by atoms with Gasteiger partial charge in [0.1, 0.15) is 0 Å². The van der Waals surface area contributed by atoms with E-state index in [1.165, 1.54) is 60.2 Å². The van der Waals surface area contributed by atoms with Gasteiger partial charge in [-0.15, -0.1) is 78.3 Å². The molecule has 0 heterocycles. The third-order valence-corrected chi connectivity index (χ3v) is 7.79. The van der Waals surface area contributed by atoms with E-state index in [1.807, 2.05) is 30.3 Å². The van der Waals surface area contributed by atoms with Gasteiger partial charge in [0.05, 0.1) is 0 Å². The molecular formula is C40H37Cl2PZr. The van der Waals surface area contributed by atoms with Crippen molar-refractivity contribution in [2.24, 2.45) is 0 Å². The predicted molar refractivity (Wildman–Crippen MR) is 196 cm³/mol. The molecule has 0 fully saturated rings. The SMILES string of the molecule is CCc1cc2c(-c3ccccc3)cccc2[cH-]1.CCc1cc2c(-c3ccccc3)cccc2[cH-]1.Pc1ccccc1.[Cl][Zr+2][Cl]. The molecule has 0 amide bonds. The van der Waals surface area contributed by atoms with Gasteiger partial charge in [-0.1, -0.05) is 128 Å². The third kappa shape index (κ3) is 9.60. The molecular weight excluding hydrogens is 674 g/mol. The normalized spacial score (nSPS) is 10.0. The number of halogens is 2. The summed E-state index contributed by atoms with van der Waals surface area (Å²) in [7, 11) is 12.5. The topological polar surface area (TPSA) is 0 Å². The van der Waals surface area contributed by atoms with Crippen LogP contribution in [-0.2, 0) is 33.7 Å². The van der Waals surface area contributed by atoms with E-state index in [0.717, 1.165) is 12.8 Å². The fourth-order valence-electron chi connectivity index (χ4n) is 5.19. The predicted octanol–water partition coefficient (Wildman–Crippen LogP) is 12.1. The Morgan fingerprint density at radius 3 is 1.20 bits per heavy atom. The van der Waals surface area contributed by atoms with Crippen LogP contribution in [0.2, 0.25) is 0 Å². The quantitative estimate of drug-likeness (QED) is 0.126. The van der Waals surface area contributed by atoms with Crippen LogP contribution in [0.4, 0.5) is 0 Å². The molecule has 0 aromatic heterocycles. The summed E-state index contributed by atoms with van der Waals surface area (Å²) in [5, 5.41) is 6.68. The number of aryl methyl sites for hydroxylation is 2. The van der Waals surface area contributed by atoms with Crippen molar-refractivity contribution in [3.8, 4) is 22.3 Å². The van der Waals surface area contributed by atoms with Gasteiger partial charge in [-0.25, -0.2) is 0 Å². The molecule has 0 spiro atoms. The zero-order valence-corrected chi connectivity index (χ0v) is 30.3. The van der Waals surface area contributed by atoms with E-state index in [2.05, 4.69) is 144 Å². The van der Waals surface area contributed by atoms with Crippen molar-refractivity contribution in [3.05, 3.63) is 163 Å². The number of rotatable bonds is 4. The zero-order valence-electron chi connectivity index (χ0n) is 25.2. The van der Waals surface area contributed by atoms with Crippen LogP contribution >= 0.6 is 26.3 Å². The van der Waals surface area contributed by atoms with Gasteiger partial charge < -0.3 is 0 Å². The Morgan fingerprint density at radius 1 is 0.523 bits per heavy atom. The number of fused-ring (bicyclic) bond motifs is 2. The Bertz CT molecular complexity index is 1710. The van der Waals surface area contributed by atoms with Crippen molar-refractivity contribution in [2.75, 3.05) is 0 Å². The summed E-state index contributed by atoms with van der Waals surface area (Å²) in [6.07, 6.45) is 2.20. The first-order valence-corrected chi connectivity index (χ1v) is 21.7. The van der Waals surface area contributed by atoms with Crippen LogP contribution in [0, 0.1) is 0 Å². The van der Waals surface area contributed by atoms with Gasteiger partial charge in [-0.2, -0.15) is 12.1 Å². The fraction of sp³-hybridized carbons (Fsp3) is 0.100. The molecule has 0 aliphatic rings. The van der Waals surface area contributed by atoms with Crippen molar-refractivity contribution in [1.29, 1.82) is 0 Å². The van der Waals surface area contributed by atoms with Crippen LogP contribution < -0.4 is 5.30 Å². The minimum absolute atomic E-state index is 0.826. The molecule has 0 nitrogen and oxygen atoms in total. The molecule has 0 radical (unpaired) electrons. The Morgan fingerprint density at radius 2 is 0.886 bits per heavy atom. The molecule has 0 bridgehead atoms. The molecule has 0 N–H and O–H groups in total. The minimum atomic E-state index is -0.826. The molecule has 7 rings (SSSR count). The summed E-state index contributed by atoms with van der Waals surface area (Å²) in [4.78, 5) is 0. The molecule has 44 heavy (non-hydrogen) atoms. The van der Waals surface area contributed by atoms with E-state index >= 15 is 0 Å². The molecule has 0 aliphatic heterocycles. The summed E-state index contributed by atoms with van der Waals surface area (Å²) >= 11 is -0.826. The Kier molecular flexibility index (Phi) is 14.1.